The van der Waals surface area contributed by atoms with Crippen LogP contribution in [-0.2, 0) is 0 Å². The van der Waals surface area contributed by atoms with Crippen LogP contribution in [0.5, 0.6) is 11.5 Å². The average molecular weight is 402 g/mol. The Labute approximate surface area is 174 Å². The van der Waals surface area contributed by atoms with Crippen LogP contribution in [0.1, 0.15) is 21.5 Å². The predicted molar refractivity (Wildman–Crippen MR) is 116 cm³/mol. The number of ether oxygens (including phenoxy) is 2. The number of nitrogens with zero attached hydrogens (tertiary/aromatic N) is 1. The average Bonchev–Trinajstić information content (AvgIpc) is 3.18. The predicted octanol–water partition coefficient (Wildman–Crippen LogP) is 5.38. The zero-order chi connectivity index (χ0) is 21.3. The molecule has 1 aromatic heterocycles. The van der Waals surface area contributed by atoms with E-state index < -0.39 is 0 Å². The fourth-order valence-electron chi connectivity index (χ4n) is 3.34. The van der Waals surface area contributed by atoms with Gasteiger partial charge in [0.1, 0.15) is 17.0 Å². The second-order valence-corrected chi connectivity index (χ2v) is 6.99. The number of benzene rings is 3. The molecule has 0 bridgehead atoms. The Hall–Kier alpha value is -3.80. The molecule has 0 aliphatic rings. The minimum absolute atomic E-state index is 0.238. The summed E-state index contributed by atoms with van der Waals surface area (Å²) in [7, 11) is 3.17. The van der Waals surface area contributed by atoms with Gasteiger partial charge in [0.2, 0.25) is 5.89 Å². The molecule has 30 heavy (non-hydrogen) atoms. The first-order valence-corrected chi connectivity index (χ1v) is 9.50. The van der Waals surface area contributed by atoms with Crippen LogP contribution in [0.3, 0.4) is 0 Å². The molecule has 0 fully saturated rings. The van der Waals surface area contributed by atoms with Gasteiger partial charge in [-0.2, -0.15) is 0 Å². The summed E-state index contributed by atoms with van der Waals surface area (Å²) >= 11 is 0. The molecule has 1 heterocycles. The topological polar surface area (TPSA) is 73.6 Å². The summed E-state index contributed by atoms with van der Waals surface area (Å²) in [5, 5.41) is 2.98. The molecule has 0 aliphatic heterocycles. The first-order chi connectivity index (χ1) is 14.5. The minimum Gasteiger partial charge on any atom is -0.497 e. The number of hydrogen-bond donors (Lipinski definition) is 1. The third-order valence-corrected chi connectivity index (χ3v) is 4.99. The van der Waals surface area contributed by atoms with Gasteiger partial charge in [0.25, 0.3) is 5.91 Å². The quantitative estimate of drug-likeness (QED) is 0.485. The van der Waals surface area contributed by atoms with E-state index in [9.17, 15) is 4.79 Å². The van der Waals surface area contributed by atoms with Gasteiger partial charge in [0.05, 0.1) is 19.8 Å². The van der Waals surface area contributed by atoms with Crippen LogP contribution in [-0.4, -0.2) is 25.1 Å². The van der Waals surface area contributed by atoms with Gasteiger partial charge < -0.3 is 19.2 Å². The van der Waals surface area contributed by atoms with E-state index in [1.165, 1.54) is 0 Å². The SMILES string of the molecule is COc1ccc2oc(-c3ccc(C)c(NC(=O)c4cccc(C)c4OC)c3)nc2c1. The van der Waals surface area contributed by atoms with Crippen LogP contribution >= 0.6 is 0 Å². The first-order valence-electron chi connectivity index (χ1n) is 9.50. The van der Waals surface area contributed by atoms with E-state index >= 15 is 0 Å². The van der Waals surface area contributed by atoms with E-state index in [4.69, 9.17) is 13.9 Å². The van der Waals surface area contributed by atoms with Crippen LogP contribution in [0.2, 0.25) is 0 Å². The van der Waals surface area contributed by atoms with Gasteiger partial charge >= 0.3 is 0 Å². The summed E-state index contributed by atoms with van der Waals surface area (Å²) < 4.78 is 16.6. The van der Waals surface area contributed by atoms with E-state index in [-0.39, 0.29) is 5.91 Å². The summed E-state index contributed by atoms with van der Waals surface area (Å²) in [6.45, 7) is 3.84. The van der Waals surface area contributed by atoms with Crippen molar-refractivity contribution in [3.05, 3.63) is 71.3 Å². The van der Waals surface area contributed by atoms with Crippen LogP contribution in [0, 0.1) is 13.8 Å². The number of amides is 1. The second-order valence-electron chi connectivity index (χ2n) is 6.99. The molecule has 4 rings (SSSR count). The molecule has 1 N–H and O–H groups in total. The Kier molecular flexibility index (Phi) is 5.14. The fourth-order valence-corrected chi connectivity index (χ4v) is 3.34. The summed E-state index contributed by atoms with van der Waals surface area (Å²) in [6, 6.07) is 16.7. The highest BCUT2D eigenvalue weighted by Crippen LogP contribution is 2.30. The Balaban J connectivity index is 1.67. The van der Waals surface area contributed by atoms with Crippen LogP contribution in [0.4, 0.5) is 5.69 Å². The molecular weight excluding hydrogens is 380 g/mol. The molecule has 4 aromatic rings. The molecule has 0 saturated heterocycles. The molecule has 0 spiro atoms. The standard InChI is InChI=1S/C24H22N2O4/c1-14-8-9-16(24-26-20-13-17(28-3)10-11-21(20)30-24)12-19(14)25-23(27)18-7-5-6-15(2)22(18)29-4/h5-13H,1-4H3,(H,25,27). The van der Waals surface area contributed by atoms with Gasteiger partial charge in [0, 0.05) is 17.3 Å². The minimum atomic E-state index is -0.238. The van der Waals surface area contributed by atoms with Crippen molar-refractivity contribution in [3.8, 4) is 23.0 Å². The van der Waals surface area contributed by atoms with Gasteiger partial charge in [-0.05, 0) is 55.3 Å². The number of fused-ring (bicyclic) bond motifs is 1. The number of nitrogens with one attached hydrogen (secondary N) is 1. The van der Waals surface area contributed by atoms with Crippen molar-refractivity contribution in [3.63, 3.8) is 0 Å². The lowest BCUT2D eigenvalue weighted by Gasteiger charge is -2.13. The zero-order valence-corrected chi connectivity index (χ0v) is 17.3. The maximum absolute atomic E-state index is 12.9. The van der Waals surface area contributed by atoms with Gasteiger partial charge in [-0.3, -0.25) is 4.79 Å². The molecule has 152 valence electrons. The van der Waals surface area contributed by atoms with E-state index in [0.717, 1.165) is 16.7 Å². The molecule has 0 radical (unpaired) electrons. The van der Waals surface area contributed by atoms with E-state index in [1.54, 1.807) is 20.3 Å². The highest BCUT2D eigenvalue weighted by Gasteiger charge is 2.16. The van der Waals surface area contributed by atoms with Crippen molar-refractivity contribution in [2.24, 2.45) is 0 Å². The second kappa shape index (κ2) is 7.91. The number of hydrogen-bond acceptors (Lipinski definition) is 5. The number of para-hydroxylation sites is 1. The highest BCUT2D eigenvalue weighted by molar-refractivity contribution is 6.07. The Morgan fingerprint density at radius 3 is 2.57 bits per heavy atom. The van der Waals surface area contributed by atoms with E-state index in [0.29, 0.717) is 39.7 Å². The number of rotatable bonds is 5. The summed E-state index contributed by atoms with van der Waals surface area (Å²) in [6.07, 6.45) is 0. The monoisotopic (exact) mass is 402 g/mol. The number of carbonyl (C=O) groups is 1. The summed E-state index contributed by atoms with van der Waals surface area (Å²) in [4.78, 5) is 17.5. The third-order valence-electron chi connectivity index (χ3n) is 4.99. The number of oxazole rings is 1. The third kappa shape index (κ3) is 3.59. The molecular formula is C24H22N2O4. The molecule has 0 saturated carbocycles. The van der Waals surface area contributed by atoms with Gasteiger partial charge in [-0.25, -0.2) is 4.98 Å². The molecule has 0 unspecified atom stereocenters. The van der Waals surface area contributed by atoms with Gasteiger partial charge in [-0.1, -0.05) is 18.2 Å². The molecule has 6 nitrogen and oxygen atoms in total. The summed E-state index contributed by atoms with van der Waals surface area (Å²) in [5.74, 6) is 1.52. The molecule has 3 aromatic carbocycles. The highest BCUT2D eigenvalue weighted by atomic mass is 16.5. The molecule has 1 amide bonds. The van der Waals surface area contributed by atoms with Crippen molar-refractivity contribution >= 4 is 22.7 Å². The van der Waals surface area contributed by atoms with Crippen LogP contribution in [0.15, 0.2) is 59.0 Å². The van der Waals surface area contributed by atoms with Gasteiger partial charge in [0.15, 0.2) is 5.58 Å². The van der Waals surface area contributed by atoms with E-state index in [1.807, 2.05) is 62.4 Å². The van der Waals surface area contributed by atoms with Crippen molar-refractivity contribution in [1.29, 1.82) is 0 Å². The number of methoxy groups -OCH3 is 2. The number of anilines is 1. The van der Waals surface area contributed by atoms with E-state index in [2.05, 4.69) is 10.3 Å². The Bertz CT molecular complexity index is 1240. The lowest BCUT2D eigenvalue weighted by atomic mass is 10.1. The lowest BCUT2D eigenvalue weighted by Crippen LogP contribution is -2.14. The molecule has 6 heteroatoms. The zero-order valence-electron chi connectivity index (χ0n) is 17.3. The van der Waals surface area contributed by atoms with Crippen molar-refractivity contribution in [1.82, 2.24) is 4.98 Å². The fraction of sp³-hybridized carbons (Fsp3) is 0.167. The van der Waals surface area contributed by atoms with Crippen molar-refractivity contribution < 1.29 is 18.7 Å². The van der Waals surface area contributed by atoms with Gasteiger partial charge in [-0.15, -0.1) is 0 Å². The lowest BCUT2D eigenvalue weighted by molar-refractivity contribution is 0.102. The normalized spacial score (nSPS) is 10.8. The van der Waals surface area contributed by atoms with Crippen LogP contribution in [0.25, 0.3) is 22.6 Å². The Morgan fingerprint density at radius 1 is 0.967 bits per heavy atom. The maximum atomic E-state index is 12.9. The Morgan fingerprint density at radius 2 is 1.80 bits per heavy atom. The van der Waals surface area contributed by atoms with Crippen molar-refractivity contribution in [2.75, 3.05) is 19.5 Å². The molecule has 0 aliphatic carbocycles. The maximum Gasteiger partial charge on any atom is 0.259 e. The van der Waals surface area contributed by atoms with Crippen molar-refractivity contribution in [2.45, 2.75) is 13.8 Å². The molecule has 0 atom stereocenters. The van der Waals surface area contributed by atoms with Crippen LogP contribution < -0.4 is 14.8 Å². The number of carbonyl (C=O) groups excluding carboxylic acids is 1. The first kappa shape index (κ1) is 19.5. The largest absolute Gasteiger partial charge is 0.497 e. The summed E-state index contributed by atoms with van der Waals surface area (Å²) in [5.41, 5.74) is 5.13. The number of aryl methyl sites for hydroxylation is 2. The number of aromatic nitrogens is 1. The smallest absolute Gasteiger partial charge is 0.259 e.